The van der Waals surface area contributed by atoms with Gasteiger partial charge in [0.25, 0.3) is 0 Å². The minimum atomic E-state index is -1.31. The molecule has 1 aromatic heterocycles. The van der Waals surface area contributed by atoms with Crippen LogP contribution in [-0.2, 0) is 10.8 Å². The van der Waals surface area contributed by atoms with Gasteiger partial charge >= 0.3 is 0 Å². The Morgan fingerprint density at radius 3 is 2.53 bits per heavy atom. The summed E-state index contributed by atoms with van der Waals surface area (Å²) < 4.78 is 25.1. The predicted octanol–water partition coefficient (Wildman–Crippen LogP) is 2.88. The van der Waals surface area contributed by atoms with E-state index < -0.39 is 10.8 Å². The third-order valence-corrected chi connectivity index (χ3v) is 4.77. The summed E-state index contributed by atoms with van der Waals surface area (Å²) >= 11 is 1.36. The molecule has 0 aliphatic heterocycles. The van der Waals surface area contributed by atoms with Crippen molar-refractivity contribution < 1.29 is 13.4 Å². The van der Waals surface area contributed by atoms with Crippen LogP contribution >= 0.6 is 11.3 Å². The molecule has 1 unspecified atom stereocenters. The molecule has 1 heterocycles. The summed E-state index contributed by atoms with van der Waals surface area (Å²) in [7, 11) is -1.31. The van der Waals surface area contributed by atoms with Gasteiger partial charge < -0.3 is 0 Å². The van der Waals surface area contributed by atoms with Crippen molar-refractivity contribution in [3.8, 4) is 0 Å². The third-order valence-electron chi connectivity index (χ3n) is 2.15. The molecule has 0 saturated carbocycles. The minimum Gasteiger partial charge on any atom is -0.293 e. The Bertz CT molecular complexity index is 532. The van der Waals surface area contributed by atoms with Crippen LogP contribution in [0.4, 0.5) is 4.39 Å². The molecule has 0 fully saturated rings. The highest BCUT2D eigenvalue weighted by Crippen LogP contribution is 2.15. The van der Waals surface area contributed by atoms with Gasteiger partial charge in [0.1, 0.15) is 5.82 Å². The van der Waals surface area contributed by atoms with E-state index in [-0.39, 0.29) is 17.4 Å². The molecule has 0 bridgehead atoms. The first kappa shape index (κ1) is 12.1. The van der Waals surface area contributed by atoms with Crippen LogP contribution in [-0.4, -0.2) is 15.7 Å². The molecule has 1 atom stereocenters. The van der Waals surface area contributed by atoms with Crippen molar-refractivity contribution in [1.82, 2.24) is 0 Å². The molecule has 88 valence electrons. The summed E-state index contributed by atoms with van der Waals surface area (Å²) in [6, 6.07) is 8.79. The van der Waals surface area contributed by atoms with Gasteiger partial charge in [-0.05, 0) is 35.7 Å². The van der Waals surface area contributed by atoms with E-state index in [2.05, 4.69) is 0 Å². The molecular formula is C12H9FO2S2. The summed E-state index contributed by atoms with van der Waals surface area (Å²) in [4.78, 5) is 11.8. The number of hydrogen-bond donors (Lipinski definition) is 0. The number of ketones is 1. The number of thiophene rings is 1. The molecule has 0 N–H and O–H groups in total. The lowest BCUT2D eigenvalue weighted by Crippen LogP contribution is -2.10. The van der Waals surface area contributed by atoms with E-state index in [4.69, 9.17) is 0 Å². The van der Waals surface area contributed by atoms with Crippen LogP contribution in [0, 0.1) is 5.82 Å². The van der Waals surface area contributed by atoms with Crippen molar-refractivity contribution in [3.63, 3.8) is 0 Å². The predicted molar refractivity (Wildman–Crippen MR) is 66.3 cm³/mol. The zero-order valence-corrected chi connectivity index (χ0v) is 10.4. The molecule has 5 heteroatoms. The van der Waals surface area contributed by atoms with Gasteiger partial charge in [-0.25, -0.2) is 4.39 Å². The van der Waals surface area contributed by atoms with Crippen molar-refractivity contribution in [2.75, 3.05) is 5.75 Å². The summed E-state index contributed by atoms with van der Waals surface area (Å²) in [5.41, 5.74) is 0.385. The molecule has 0 amide bonds. The summed E-state index contributed by atoms with van der Waals surface area (Å²) in [6.07, 6.45) is 0. The van der Waals surface area contributed by atoms with Crippen molar-refractivity contribution >= 4 is 27.9 Å². The highest BCUT2D eigenvalue weighted by Gasteiger charge is 2.12. The lowest BCUT2D eigenvalue weighted by atomic mass is 10.1. The monoisotopic (exact) mass is 268 g/mol. The first-order valence-electron chi connectivity index (χ1n) is 4.87. The second kappa shape index (κ2) is 5.33. The van der Waals surface area contributed by atoms with Crippen molar-refractivity contribution in [2.45, 2.75) is 4.21 Å². The molecular weight excluding hydrogens is 259 g/mol. The van der Waals surface area contributed by atoms with Crippen LogP contribution in [0.15, 0.2) is 46.0 Å². The van der Waals surface area contributed by atoms with E-state index in [0.29, 0.717) is 9.77 Å². The topological polar surface area (TPSA) is 34.1 Å². The van der Waals surface area contributed by atoms with Gasteiger partial charge in [0.05, 0.1) is 20.8 Å². The molecule has 0 saturated heterocycles. The van der Waals surface area contributed by atoms with Gasteiger partial charge in [0.15, 0.2) is 5.78 Å². The maximum absolute atomic E-state index is 12.7. The van der Waals surface area contributed by atoms with E-state index in [1.807, 2.05) is 5.38 Å². The fourth-order valence-electron chi connectivity index (χ4n) is 1.30. The quantitative estimate of drug-likeness (QED) is 0.799. The van der Waals surface area contributed by atoms with E-state index in [0.717, 1.165) is 0 Å². The number of Topliss-reactive ketones (excluding diaryl/α,β-unsaturated/α-hetero) is 1. The Hall–Kier alpha value is -1.33. The Morgan fingerprint density at radius 1 is 1.24 bits per heavy atom. The Morgan fingerprint density at radius 2 is 1.94 bits per heavy atom. The number of halogens is 1. The molecule has 17 heavy (non-hydrogen) atoms. The molecule has 2 nitrogen and oxygen atoms in total. The maximum Gasteiger partial charge on any atom is 0.175 e. The SMILES string of the molecule is O=C(CS(=O)c1cccs1)c1ccc(F)cc1. The van der Waals surface area contributed by atoms with Gasteiger partial charge in [-0.1, -0.05) is 6.07 Å². The fourth-order valence-corrected chi connectivity index (χ4v) is 3.30. The van der Waals surface area contributed by atoms with Gasteiger partial charge in [-0.3, -0.25) is 9.00 Å². The second-order valence-electron chi connectivity index (χ2n) is 3.35. The molecule has 1 aromatic carbocycles. The normalized spacial score (nSPS) is 12.3. The molecule has 2 aromatic rings. The van der Waals surface area contributed by atoms with Gasteiger partial charge in [-0.15, -0.1) is 11.3 Å². The second-order valence-corrected chi connectivity index (χ2v) is 5.98. The van der Waals surface area contributed by atoms with E-state index in [1.54, 1.807) is 12.1 Å². The Balaban J connectivity index is 2.07. The molecule has 2 rings (SSSR count). The molecule has 0 aliphatic carbocycles. The Labute approximate surface area is 105 Å². The standard InChI is InChI=1S/C12H9FO2S2/c13-10-5-3-9(4-6-10)11(14)8-17(15)12-2-1-7-16-12/h1-7H,8H2. The van der Waals surface area contributed by atoms with Gasteiger partial charge in [0.2, 0.25) is 0 Å². The van der Waals surface area contributed by atoms with Gasteiger partial charge in [-0.2, -0.15) is 0 Å². The van der Waals surface area contributed by atoms with E-state index >= 15 is 0 Å². The third kappa shape index (κ3) is 3.08. The zero-order valence-electron chi connectivity index (χ0n) is 8.76. The fraction of sp³-hybridized carbons (Fsp3) is 0.0833. The smallest absolute Gasteiger partial charge is 0.175 e. The van der Waals surface area contributed by atoms with Crippen LogP contribution in [0.25, 0.3) is 0 Å². The first-order valence-corrected chi connectivity index (χ1v) is 7.07. The van der Waals surface area contributed by atoms with Crippen molar-refractivity contribution in [1.29, 1.82) is 0 Å². The average molecular weight is 268 g/mol. The Kier molecular flexibility index (Phi) is 3.81. The lowest BCUT2D eigenvalue weighted by Gasteiger charge is -2.00. The highest BCUT2D eigenvalue weighted by atomic mass is 32.2. The average Bonchev–Trinajstić information content (AvgIpc) is 2.83. The van der Waals surface area contributed by atoms with Crippen molar-refractivity contribution in [2.24, 2.45) is 0 Å². The summed E-state index contributed by atoms with van der Waals surface area (Å²) in [6.45, 7) is 0. The number of carbonyl (C=O) groups excluding carboxylic acids is 1. The van der Waals surface area contributed by atoms with Crippen LogP contribution in [0.2, 0.25) is 0 Å². The largest absolute Gasteiger partial charge is 0.293 e. The van der Waals surface area contributed by atoms with Crippen LogP contribution in [0.5, 0.6) is 0 Å². The van der Waals surface area contributed by atoms with E-state index in [9.17, 15) is 13.4 Å². The minimum absolute atomic E-state index is 0.0633. The van der Waals surface area contributed by atoms with Gasteiger partial charge in [0, 0.05) is 5.56 Å². The number of rotatable bonds is 4. The summed E-state index contributed by atoms with van der Waals surface area (Å²) in [5.74, 6) is -0.691. The highest BCUT2D eigenvalue weighted by molar-refractivity contribution is 7.88. The molecule has 0 spiro atoms. The van der Waals surface area contributed by atoms with Crippen molar-refractivity contribution in [3.05, 3.63) is 53.2 Å². The van der Waals surface area contributed by atoms with Crippen LogP contribution < -0.4 is 0 Å². The zero-order chi connectivity index (χ0) is 12.3. The molecule has 0 radical (unpaired) electrons. The van der Waals surface area contributed by atoms with E-state index in [1.165, 1.54) is 35.6 Å². The number of carbonyl (C=O) groups is 1. The number of benzene rings is 1. The molecule has 0 aliphatic rings. The maximum atomic E-state index is 12.7. The first-order chi connectivity index (χ1) is 8.16. The van der Waals surface area contributed by atoms with Crippen LogP contribution in [0.3, 0.4) is 0 Å². The lowest BCUT2D eigenvalue weighted by molar-refractivity contribution is 0.102. The number of hydrogen-bond acceptors (Lipinski definition) is 3. The summed E-state index contributed by atoms with van der Waals surface area (Å²) in [5, 5.41) is 1.82. The van der Waals surface area contributed by atoms with Crippen LogP contribution in [0.1, 0.15) is 10.4 Å².